The molecule has 1 unspecified atom stereocenters. The summed E-state index contributed by atoms with van der Waals surface area (Å²) in [6.45, 7) is 5.53. The van der Waals surface area contributed by atoms with Crippen molar-refractivity contribution in [3.8, 4) is 0 Å². The monoisotopic (exact) mass is 330 g/mol. The molecule has 0 radical (unpaired) electrons. The first kappa shape index (κ1) is 14.2. The molecule has 1 aromatic rings. The number of rotatable bonds is 4. The zero-order chi connectivity index (χ0) is 13.0. The molecule has 1 atom stereocenters. The van der Waals surface area contributed by atoms with E-state index >= 15 is 0 Å². The standard InChI is InChI=1S/C14H20BrClN2/c1-2-7-17-11-4-3-8-18(10-11)12-5-6-13(15)14(16)9-12/h5-6,9,11,17H,2-4,7-8,10H2,1H3. The van der Waals surface area contributed by atoms with E-state index in [1.807, 2.05) is 12.1 Å². The molecule has 2 nitrogen and oxygen atoms in total. The van der Waals surface area contributed by atoms with Gasteiger partial charge in [-0.3, -0.25) is 0 Å². The van der Waals surface area contributed by atoms with Crippen LogP contribution in [0, 0.1) is 0 Å². The highest BCUT2D eigenvalue weighted by molar-refractivity contribution is 9.10. The normalized spacial score (nSPS) is 20.2. The van der Waals surface area contributed by atoms with Crippen LogP contribution in [0.3, 0.4) is 0 Å². The first-order chi connectivity index (χ1) is 8.70. The van der Waals surface area contributed by atoms with E-state index in [-0.39, 0.29) is 0 Å². The molecular weight excluding hydrogens is 312 g/mol. The first-order valence-corrected chi connectivity index (χ1v) is 7.81. The molecule has 2 rings (SSSR count). The third-order valence-electron chi connectivity index (χ3n) is 3.37. The number of anilines is 1. The summed E-state index contributed by atoms with van der Waals surface area (Å²) in [5.41, 5.74) is 1.23. The average molecular weight is 332 g/mol. The predicted octanol–water partition coefficient (Wildman–Crippen LogP) is 4.07. The second-order valence-corrected chi connectivity index (χ2v) is 6.10. The Hall–Kier alpha value is -0.250. The van der Waals surface area contributed by atoms with Crippen LogP contribution < -0.4 is 10.2 Å². The van der Waals surface area contributed by atoms with Crippen molar-refractivity contribution < 1.29 is 0 Å². The molecule has 0 saturated carbocycles. The van der Waals surface area contributed by atoms with Crippen molar-refractivity contribution in [3.63, 3.8) is 0 Å². The highest BCUT2D eigenvalue weighted by atomic mass is 79.9. The van der Waals surface area contributed by atoms with Crippen molar-refractivity contribution in [2.45, 2.75) is 32.2 Å². The van der Waals surface area contributed by atoms with Crippen LogP contribution in [-0.2, 0) is 0 Å². The van der Waals surface area contributed by atoms with E-state index in [0.29, 0.717) is 6.04 Å². The quantitative estimate of drug-likeness (QED) is 0.894. The maximum atomic E-state index is 6.16. The number of halogens is 2. The molecule has 0 amide bonds. The highest BCUT2D eigenvalue weighted by Crippen LogP contribution is 2.29. The van der Waals surface area contributed by atoms with Gasteiger partial charge in [-0.05, 0) is 59.9 Å². The fraction of sp³-hybridized carbons (Fsp3) is 0.571. The summed E-state index contributed by atoms with van der Waals surface area (Å²) in [5, 5.41) is 4.40. The van der Waals surface area contributed by atoms with Crippen LogP contribution in [-0.4, -0.2) is 25.7 Å². The minimum atomic E-state index is 0.612. The van der Waals surface area contributed by atoms with Gasteiger partial charge in [-0.25, -0.2) is 0 Å². The lowest BCUT2D eigenvalue weighted by atomic mass is 10.0. The summed E-state index contributed by atoms with van der Waals surface area (Å²) >= 11 is 9.60. The van der Waals surface area contributed by atoms with Crippen molar-refractivity contribution >= 4 is 33.2 Å². The van der Waals surface area contributed by atoms with Gasteiger partial charge >= 0.3 is 0 Å². The Balaban J connectivity index is 2.01. The molecule has 100 valence electrons. The third kappa shape index (κ3) is 3.62. The zero-order valence-electron chi connectivity index (χ0n) is 10.8. The number of nitrogens with zero attached hydrogens (tertiary/aromatic N) is 1. The van der Waals surface area contributed by atoms with E-state index in [0.717, 1.165) is 29.1 Å². The van der Waals surface area contributed by atoms with Crippen LogP contribution in [0.15, 0.2) is 22.7 Å². The summed E-state index contributed by atoms with van der Waals surface area (Å²) in [6, 6.07) is 6.83. The molecule has 1 saturated heterocycles. The molecule has 1 aliphatic rings. The maximum Gasteiger partial charge on any atom is 0.0568 e. The summed E-state index contributed by atoms with van der Waals surface area (Å²) < 4.78 is 0.964. The second-order valence-electron chi connectivity index (χ2n) is 4.84. The first-order valence-electron chi connectivity index (χ1n) is 6.64. The molecule has 0 spiro atoms. The predicted molar refractivity (Wildman–Crippen MR) is 82.7 cm³/mol. The van der Waals surface area contributed by atoms with E-state index in [1.165, 1.54) is 24.9 Å². The number of nitrogens with one attached hydrogen (secondary N) is 1. The molecule has 1 aromatic carbocycles. The fourth-order valence-corrected chi connectivity index (χ4v) is 2.83. The van der Waals surface area contributed by atoms with Crippen LogP contribution in [0.2, 0.25) is 5.02 Å². The second kappa shape index (κ2) is 6.78. The topological polar surface area (TPSA) is 15.3 Å². The van der Waals surface area contributed by atoms with Crippen molar-refractivity contribution in [1.29, 1.82) is 0 Å². The van der Waals surface area contributed by atoms with E-state index in [1.54, 1.807) is 0 Å². The van der Waals surface area contributed by atoms with Gasteiger partial charge in [0.1, 0.15) is 0 Å². The summed E-state index contributed by atoms with van der Waals surface area (Å²) in [4.78, 5) is 2.43. The average Bonchev–Trinajstić information content (AvgIpc) is 2.40. The minimum Gasteiger partial charge on any atom is -0.370 e. The Morgan fingerprint density at radius 3 is 3.06 bits per heavy atom. The van der Waals surface area contributed by atoms with Gasteiger partial charge in [-0.15, -0.1) is 0 Å². The Kier molecular flexibility index (Phi) is 5.34. The summed E-state index contributed by atoms with van der Waals surface area (Å²) in [7, 11) is 0. The Morgan fingerprint density at radius 2 is 2.33 bits per heavy atom. The van der Waals surface area contributed by atoms with Crippen LogP contribution in [0.1, 0.15) is 26.2 Å². The van der Waals surface area contributed by atoms with Gasteiger partial charge in [0.15, 0.2) is 0 Å². The zero-order valence-corrected chi connectivity index (χ0v) is 13.1. The Bertz CT molecular complexity index is 397. The Morgan fingerprint density at radius 1 is 1.50 bits per heavy atom. The van der Waals surface area contributed by atoms with Gasteiger partial charge in [0.05, 0.1) is 5.02 Å². The fourth-order valence-electron chi connectivity index (χ4n) is 2.41. The molecule has 0 bridgehead atoms. The lowest BCUT2D eigenvalue weighted by molar-refractivity contribution is 0.423. The summed E-state index contributed by atoms with van der Waals surface area (Å²) in [5.74, 6) is 0. The molecule has 1 N–H and O–H groups in total. The van der Waals surface area contributed by atoms with Gasteiger partial charge in [-0.1, -0.05) is 18.5 Å². The lowest BCUT2D eigenvalue weighted by Gasteiger charge is -2.35. The molecule has 1 aliphatic heterocycles. The van der Waals surface area contributed by atoms with Crippen molar-refractivity contribution in [1.82, 2.24) is 5.32 Å². The third-order valence-corrected chi connectivity index (χ3v) is 4.61. The van der Waals surface area contributed by atoms with Crippen LogP contribution in [0.4, 0.5) is 5.69 Å². The van der Waals surface area contributed by atoms with Gasteiger partial charge in [0.2, 0.25) is 0 Å². The lowest BCUT2D eigenvalue weighted by Crippen LogP contribution is -2.46. The van der Waals surface area contributed by atoms with Crippen molar-refractivity contribution in [2.75, 3.05) is 24.5 Å². The minimum absolute atomic E-state index is 0.612. The van der Waals surface area contributed by atoms with Gasteiger partial charge in [0, 0.05) is 29.3 Å². The van der Waals surface area contributed by atoms with E-state index in [4.69, 9.17) is 11.6 Å². The van der Waals surface area contributed by atoms with Crippen LogP contribution in [0.5, 0.6) is 0 Å². The number of piperidine rings is 1. The van der Waals surface area contributed by atoms with Crippen molar-refractivity contribution in [3.05, 3.63) is 27.7 Å². The van der Waals surface area contributed by atoms with Crippen LogP contribution >= 0.6 is 27.5 Å². The van der Waals surface area contributed by atoms with Crippen molar-refractivity contribution in [2.24, 2.45) is 0 Å². The number of benzene rings is 1. The molecule has 0 aliphatic carbocycles. The van der Waals surface area contributed by atoms with E-state index < -0.39 is 0 Å². The van der Waals surface area contributed by atoms with Gasteiger partial charge < -0.3 is 10.2 Å². The van der Waals surface area contributed by atoms with E-state index in [9.17, 15) is 0 Å². The molecular formula is C14H20BrClN2. The molecule has 4 heteroatoms. The molecule has 1 fully saturated rings. The van der Waals surface area contributed by atoms with Gasteiger partial charge in [-0.2, -0.15) is 0 Å². The highest BCUT2D eigenvalue weighted by Gasteiger charge is 2.19. The SMILES string of the molecule is CCCNC1CCCN(c2ccc(Br)c(Cl)c2)C1. The summed E-state index contributed by atoms with van der Waals surface area (Å²) in [6.07, 6.45) is 3.72. The molecule has 18 heavy (non-hydrogen) atoms. The Labute approximate surface area is 123 Å². The largest absolute Gasteiger partial charge is 0.370 e. The smallest absolute Gasteiger partial charge is 0.0568 e. The van der Waals surface area contributed by atoms with E-state index in [2.05, 4.69) is 39.1 Å². The number of hydrogen-bond acceptors (Lipinski definition) is 2. The number of hydrogen-bond donors (Lipinski definition) is 1. The molecule has 0 aromatic heterocycles. The molecule has 1 heterocycles. The van der Waals surface area contributed by atoms with Crippen LogP contribution in [0.25, 0.3) is 0 Å². The maximum absolute atomic E-state index is 6.16. The van der Waals surface area contributed by atoms with Gasteiger partial charge in [0.25, 0.3) is 0 Å².